The van der Waals surface area contributed by atoms with Crippen LogP contribution >= 0.6 is 0 Å². The van der Waals surface area contributed by atoms with Crippen molar-refractivity contribution in [3.8, 4) is 0 Å². The second-order valence-electron chi connectivity index (χ2n) is 5.99. The molecular weight excluding hydrogens is 240 g/mol. The average molecular weight is 272 g/mol. The monoisotopic (exact) mass is 272 g/mol. The summed E-state index contributed by atoms with van der Waals surface area (Å²) in [5.41, 5.74) is -0.608. The molecule has 1 N–H and O–H groups in total. The Balaban J connectivity index is 4.53. The van der Waals surface area contributed by atoms with Crippen LogP contribution in [0.4, 0.5) is 0 Å². The SMILES string of the molecule is CCCC(C)N(C)CCC(C)(NC(C)C)C(=O)OC. The first-order valence-corrected chi connectivity index (χ1v) is 7.33. The van der Waals surface area contributed by atoms with Gasteiger partial charge in [-0.15, -0.1) is 0 Å². The summed E-state index contributed by atoms with van der Waals surface area (Å²) in [6.45, 7) is 11.3. The molecule has 0 aliphatic carbocycles. The van der Waals surface area contributed by atoms with Crippen LogP contribution in [0.3, 0.4) is 0 Å². The van der Waals surface area contributed by atoms with Crippen LogP contribution in [0.2, 0.25) is 0 Å². The summed E-state index contributed by atoms with van der Waals surface area (Å²) < 4.78 is 4.94. The third kappa shape index (κ3) is 6.39. The maximum Gasteiger partial charge on any atom is 0.325 e. The van der Waals surface area contributed by atoms with E-state index in [9.17, 15) is 4.79 Å². The van der Waals surface area contributed by atoms with Gasteiger partial charge in [-0.2, -0.15) is 0 Å². The van der Waals surface area contributed by atoms with E-state index in [0.717, 1.165) is 13.0 Å². The summed E-state index contributed by atoms with van der Waals surface area (Å²) in [5, 5.41) is 3.33. The Hall–Kier alpha value is -0.610. The smallest absolute Gasteiger partial charge is 0.325 e. The van der Waals surface area contributed by atoms with E-state index in [1.807, 2.05) is 20.8 Å². The Kier molecular flexibility index (Phi) is 8.26. The van der Waals surface area contributed by atoms with E-state index in [0.29, 0.717) is 6.04 Å². The number of carbonyl (C=O) groups is 1. The van der Waals surface area contributed by atoms with Crippen LogP contribution in [0.5, 0.6) is 0 Å². The number of nitrogens with one attached hydrogen (secondary N) is 1. The molecule has 0 radical (unpaired) electrons. The van der Waals surface area contributed by atoms with Crippen molar-refractivity contribution < 1.29 is 9.53 Å². The lowest BCUT2D eigenvalue weighted by Crippen LogP contribution is -2.54. The van der Waals surface area contributed by atoms with Crippen molar-refractivity contribution in [3.05, 3.63) is 0 Å². The van der Waals surface area contributed by atoms with E-state index < -0.39 is 5.54 Å². The molecule has 0 spiro atoms. The van der Waals surface area contributed by atoms with Crippen molar-refractivity contribution in [3.63, 3.8) is 0 Å². The lowest BCUT2D eigenvalue weighted by atomic mass is 9.96. The minimum atomic E-state index is -0.608. The topological polar surface area (TPSA) is 41.6 Å². The van der Waals surface area contributed by atoms with Gasteiger partial charge in [0.05, 0.1) is 7.11 Å². The van der Waals surface area contributed by atoms with Gasteiger partial charge in [0, 0.05) is 18.6 Å². The standard InChI is InChI=1S/C15H32N2O2/c1-8-9-13(4)17(6)11-10-15(5,14(18)19-7)16-12(2)3/h12-13,16H,8-11H2,1-7H3. The molecule has 2 unspecified atom stereocenters. The first-order chi connectivity index (χ1) is 8.76. The largest absolute Gasteiger partial charge is 0.468 e. The summed E-state index contributed by atoms with van der Waals surface area (Å²) in [6, 6.07) is 0.799. The minimum Gasteiger partial charge on any atom is -0.468 e. The molecule has 4 heteroatoms. The highest BCUT2D eigenvalue weighted by Crippen LogP contribution is 2.15. The van der Waals surface area contributed by atoms with Gasteiger partial charge in [0.15, 0.2) is 0 Å². The molecule has 0 aromatic carbocycles. The Morgan fingerprint density at radius 1 is 1.37 bits per heavy atom. The highest BCUT2D eigenvalue weighted by atomic mass is 16.5. The second-order valence-corrected chi connectivity index (χ2v) is 5.99. The molecule has 0 aliphatic rings. The predicted octanol–water partition coefficient (Wildman–Crippen LogP) is 2.43. The molecule has 2 atom stereocenters. The van der Waals surface area contributed by atoms with Crippen LogP contribution in [0.1, 0.15) is 53.9 Å². The predicted molar refractivity (Wildman–Crippen MR) is 80.3 cm³/mol. The summed E-state index contributed by atoms with van der Waals surface area (Å²) >= 11 is 0. The van der Waals surface area contributed by atoms with Crippen molar-refractivity contribution in [2.45, 2.75) is 71.5 Å². The zero-order valence-electron chi connectivity index (χ0n) is 13.7. The van der Waals surface area contributed by atoms with Crippen LogP contribution in [0.25, 0.3) is 0 Å². The number of rotatable bonds is 9. The third-order valence-corrected chi connectivity index (χ3v) is 3.67. The van der Waals surface area contributed by atoms with E-state index in [-0.39, 0.29) is 12.0 Å². The first kappa shape index (κ1) is 18.4. The van der Waals surface area contributed by atoms with Gasteiger partial charge in [-0.3, -0.25) is 10.1 Å². The number of ether oxygens (including phenoxy) is 1. The molecule has 0 aromatic rings. The van der Waals surface area contributed by atoms with Gasteiger partial charge < -0.3 is 9.64 Å². The van der Waals surface area contributed by atoms with Gasteiger partial charge in [-0.05, 0) is 47.6 Å². The zero-order valence-corrected chi connectivity index (χ0v) is 13.7. The van der Waals surface area contributed by atoms with Gasteiger partial charge in [0.2, 0.25) is 0 Å². The molecule has 0 aliphatic heterocycles. The highest BCUT2D eigenvalue weighted by molar-refractivity contribution is 5.80. The fraction of sp³-hybridized carbons (Fsp3) is 0.933. The molecule has 0 saturated carbocycles. The van der Waals surface area contributed by atoms with Gasteiger partial charge in [0.1, 0.15) is 5.54 Å². The van der Waals surface area contributed by atoms with Crippen LogP contribution in [-0.4, -0.2) is 49.2 Å². The van der Waals surface area contributed by atoms with Gasteiger partial charge in [-0.25, -0.2) is 0 Å². The summed E-state index contributed by atoms with van der Waals surface area (Å²) in [6.07, 6.45) is 3.12. The maximum atomic E-state index is 12.0. The molecule has 19 heavy (non-hydrogen) atoms. The van der Waals surface area contributed by atoms with E-state index in [1.54, 1.807) is 0 Å². The van der Waals surface area contributed by atoms with E-state index in [4.69, 9.17) is 4.74 Å². The fourth-order valence-corrected chi connectivity index (χ4v) is 2.35. The molecule has 4 nitrogen and oxygen atoms in total. The molecule has 114 valence electrons. The van der Waals surface area contributed by atoms with Crippen LogP contribution in [0, 0.1) is 0 Å². The number of hydrogen-bond donors (Lipinski definition) is 1. The first-order valence-electron chi connectivity index (χ1n) is 7.33. The van der Waals surface area contributed by atoms with Crippen molar-refractivity contribution >= 4 is 5.97 Å². The summed E-state index contributed by atoms with van der Waals surface area (Å²) in [5.74, 6) is -0.183. The van der Waals surface area contributed by atoms with Gasteiger partial charge in [0.25, 0.3) is 0 Å². The minimum absolute atomic E-state index is 0.183. The normalized spacial score (nSPS) is 16.5. The molecule has 0 fully saturated rings. The molecule has 0 heterocycles. The molecule has 0 bridgehead atoms. The second kappa shape index (κ2) is 8.54. The summed E-state index contributed by atoms with van der Waals surface area (Å²) in [7, 11) is 3.57. The van der Waals surface area contributed by atoms with Crippen molar-refractivity contribution in [2.75, 3.05) is 20.7 Å². The average Bonchev–Trinajstić information content (AvgIpc) is 2.34. The Morgan fingerprint density at radius 2 is 1.95 bits per heavy atom. The maximum absolute atomic E-state index is 12.0. The quantitative estimate of drug-likeness (QED) is 0.655. The van der Waals surface area contributed by atoms with Crippen molar-refractivity contribution in [1.82, 2.24) is 10.2 Å². The number of methoxy groups -OCH3 is 1. The fourth-order valence-electron chi connectivity index (χ4n) is 2.35. The number of carbonyl (C=O) groups excluding carboxylic acids is 1. The lowest BCUT2D eigenvalue weighted by Gasteiger charge is -2.33. The highest BCUT2D eigenvalue weighted by Gasteiger charge is 2.34. The number of nitrogens with zero attached hydrogens (tertiary/aromatic N) is 1. The number of esters is 1. The van der Waals surface area contributed by atoms with E-state index in [2.05, 4.69) is 31.1 Å². The molecule has 0 saturated heterocycles. The van der Waals surface area contributed by atoms with Crippen LogP contribution < -0.4 is 5.32 Å². The lowest BCUT2D eigenvalue weighted by molar-refractivity contribution is -0.148. The van der Waals surface area contributed by atoms with Crippen molar-refractivity contribution in [2.24, 2.45) is 0 Å². The Bertz CT molecular complexity index is 269. The molecule has 0 rings (SSSR count). The number of hydrogen-bond acceptors (Lipinski definition) is 4. The van der Waals surface area contributed by atoms with E-state index >= 15 is 0 Å². The molecule has 0 aromatic heterocycles. The van der Waals surface area contributed by atoms with Gasteiger partial charge >= 0.3 is 5.97 Å². The summed E-state index contributed by atoms with van der Waals surface area (Å²) in [4.78, 5) is 14.3. The van der Waals surface area contributed by atoms with Crippen molar-refractivity contribution in [1.29, 1.82) is 0 Å². The Labute approximate surface area is 118 Å². The zero-order chi connectivity index (χ0) is 15.1. The Morgan fingerprint density at radius 3 is 2.37 bits per heavy atom. The molecule has 0 amide bonds. The van der Waals surface area contributed by atoms with Crippen LogP contribution in [0.15, 0.2) is 0 Å². The van der Waals surface area contributed by atoms with E-state index in [1.165, 1.54) is 20.0 Å². The molecular formula is C15H32N2O2. The van der Waals surface area contributed by atoms with Crippen LogP contribution in [-0.2, 0) is 9.53 Å². The third-order valence-electron chi connectivity index (χ3n) is 3.67. The van der Waals surface area contributed by atoms with Gasteiger partial charge in [-0.1, -0.05) is 13.3 Å².